The van der Waals surface area contributed by atoms with Crippen LogP contribution in [0.5, 0.6) is 5.75 Å². The highest BCUT2D eigenvalue weighted by Gasteiger charge is 2.37. The molecule has 1 aliphatic rings. The number of ether oxygens (including phenoxy) is 1. The number of thioether (sulfide) groups is 1. The second-order valence-corrected chi connectivity index (χ2v) is 6.48. The van der Waals surface area contributed by atoms with E-state index in [-0.39, 0.29) is 17.5 Å². The van der Waals surface area contributed by atoms with E-state index in [0.717, 1.165) is 18.6 Å². The van der Waals surface area contributed by atoms with E-state index < -0.39 is 0 Å². The van der Waals surface area contributed by atoms with Gasteiger partial charge in [0, 0.05) is 9.64 Å². The van der Waals surface area contributed by atoms with Gasteiger partial charge in [-0.1, -0.05) is 6.42 Å². The molecular formula is C14H20O2S. The summed E-state index contributed by atoms with van der Waals surface area (Å²) >= 11 is 1.80. The van der Waals surface area contributed by atoms with Crippen LogP contribution >= 0.6 is 11.8 Å². The topological polar surface area (TPSA) is 29.5 Å². The number of aliphatic hydroxyl groups excluding tert-OH is 1. The second kappa shape index (κ2) is 5.32. The molecule has 1 aromatic rings. The summed E-state index contributed by atoms with van der Waals surface area (Å²) < 4.78 is 5.69. The van der Waals surface area contributed by atoms with Gasteiger partial charge >= 0.3 is 0 Å². The molecule has 1 N–H and O–H groups in total. The molecule has 0 amide bonds. The summed E-state index contributed by atoms with van der Waals surface area (Å²) in [5.41, 5.74) is 0. The van der Waals surface area contributed by atoms with E-state index >= 15 is 0 Å². The predicted octanol–water partition coefficient (Wildman–Crippen LogP) is 3.48. The lowest BCUT2D eigenvalue weighted by Gasteiger charge is -2.39. The van der Waals surface area contributed by atoms with Crippen LogP contribution in [-0.2, 0) is 0 Å². The van der Waals surface area contributed by atoms with Crippen molar-refractivity contribution in [2.75, 3.05) is 6.61 Å². The van der Waals surface area contributed by atoms with Crippen molar-refractivity contribution in [1.29, 1.82) is 0 Å². The molecule has 0 heterocycles. The zero-order valence-corrected chi connectivity index (χ0v) is 11.3. The molecular weight excluding hydrogens is 232 g/mol. The van der Waals surface area contributed by atoms with Gasteiger partial charge in [-0.15, -0.1) is 11.8 Å². The molecule has 94 valence electrons. The van der Waals surface area contributed by atoms with Gasteiger partial charge in [0.1, 0.15) is 5.75 Å². The zero-order chi connectivity index (χ0) is 12.3. The largest absolute Gasteiger partial charge is 0.491 e. The van der Waals surface area contributed by atoms with E-state index in [2.05, 4.69) is 12.1 Å². The number of hydrogen-bond donors (Lipinski definition) is 1. The van der Waals surface area contributed by atoms with Crippen LogP contribution in [0.4, 0.5) is 0 Å². The van der Waals surface area contributed by atoms with Crippen LogP contribution in [0.25, 0.3) is 0 Å². The summed E-state index contributed by atoms with van der Waals surface area (Å²) in [5.74, 6) is 0.913. The van der Waals surface area contributed by atoms with Crippen molar-refractivity contribution in [3.05, 3.63) is 24.3 Å². The summed E-state index contributed by atoms with van der Waals surface area (Å²) in [6.45, 7) is 4.33. The molecule has 2 rings (SSSR count). The van der Waals surface area contributed by atoms with E-state index in [1.165, 1.54) is 11.3 Å². The predicted molar refractivity (Wildman–Crippen MR) is 71.7 cm³/mol. The van der Waals surface area contributed by atoms with Crippen molar-refractivity contribution < 1.29 is 9.84 Å². The van der Waals surface area contributed by atoms with Crippen molar-refractivity contribution in [2.45, 2.75) is 48.9 Å². The molecule has 1 fully saturated rings. The van der Waals surface area contributed by atoms with Crippen LogP contribution in [-0.4, -0.2) is 22.6 Å². The molecule has 1 saturated carbocycles. The van der Waals surface area contributed by atoms with Gasteiger partial charge in [-0.3, -0.25) is 0 Å². The van der Waals surface area contributed by atoms with Crippen molar-refractivity contribution in [3.8, 4) is 5.75 Å². The van der Waals surface area contributed by atoms with Crippen LogP contribution in [0.1, 0.15) is 33.1 Å². The van der Waals surface area contributed by atoms with Gasteiger partial charge in [0.25, 0.3) is 0 Å². The summed E-state index contributed by atoms with van der Waals surface area (Å²) in [4.78, 5) is 1.22. The Balaban J connectivity index is 1.98. The Kier molecular flexibility index (Phi) is 4.00. The third-order valence-electron chi connectivity index (χ3n) is 3.08. The van der Waals surface area contributed by atoms with Gasteiger partial charge in [-0.05, 0) is 51.0 Å². The molecule has 0 aliphatic heterocycles. The Bertz CT molecular complexity index is 349. The lowest BCUT2D eigenvalue weighted by Crippen LogP contribution is -2.37. The van der Waals surface area contributed by atoms with Crippen molar-refractivity contribution in [3.63, 3.8) is 0 Å². The third-order valence-corrected chi connectivity index (χ3v) is 4.56. The maximum Gasteiger partial charge on any atom is 0.119 e. The fourth-order valence-corrected chi connectivity index (χ4v) is 3.30. The van der Waals surface area contributed by atoms with Gasteiger partial charge in [-0.25, -0.2) is 0 Å². The van der Waals surface area contributed by atoms with Crippen LogP contribution in [0.3, 0.4) is 0 Å². The standard InChI is InChI=1S/C14H20O2S/c1-11(2)16-12-4-6-13(7-5-12)17-14(10-15)8-3-9-14/h4-7,11,15H,3,8-10H2,1-2H3. The van der Waals surface area contributed by atoms with Gasteiger partial charge in [0.05, 0.1) is 12.7 Å². The summed E-state index contributed by atoms with van der Waals surface area (Å²) in [6, 6.07) is 8.17. The van der Waals surface area contributed by atoms with Crippen LogP contribution in [0.2, 0.25) is 0 Å². The SMILES string of the molecule is CC(C)Oc1ccc(SC2(CO)CCC2)cc1. The molecule has 0 saturated heterocycles. The Morgan fingerprint density at radius 2 is 1.94 bits per heavy atom. The minimum Gasteiger partial charge on any atom is -0.491 e. The molecule has 1 aromatic carbocycles. The molecule has 0 atom stereocenters. The first-order valence-corrected chi connectivity index (χ1v) is 7.02. The first kappa shape index (κ1) is 12.8. The Morgan fingerprint density at radius 3 is 2.35 bits per heavy atom. The Morgan fingerprint density at radius 1 is 1.29 bits per heavy atom. The van der Waals surface area contributed by atoms with Gasteiger partial charge in [0.15, 0.2) is 0 Å². The third kappa shape index (κ3) is 3.17. The number of aliphatic hydroxyl groups is 1. The maximum absolute atomic E-state index is 9.43. The monoisotopic (exact) mass is 252 g/mol. The average Bonchev–Trinajstić information content (AvgIpc) is 2.25. The molecule has 3 heteroatoms. The molecule has 0 aromatic heterocycles. The van der Waals surface area contributed by atoms with E-state index in [0.29, 0.717) is 0 Å². The lowest BCUT2D eigenvalue weighted by molar-refractivity contribution is 0.191. The first-order chi connectivity index (χ1) is 8.13. The first-order valence-electron chi connectivity index (χ1n) is 6.20. The minimum absolute atomic E-state index is 0.0838. The smallest absolute Gasteiger partial charge is 0.119 e. The minimum atomic E-state index is 0.0838. The summed E-state index contributed by atoms with van der Waals surface area (Å²) in [5, 5.41) is 9.43. The molecule has 0 bridgehead atoms. The Hall–Kier alpha value is -0.670. The van der Waals surface area contributed by atoms with E-state index in [1.54, 1.807) is 11.8 Å². The molecule has 0 unspecified atom stereocenters. The van der Waals surface area contributed by atoms with Gasteiger partial charge in [0.2, 0.25) is 0 Å². The number of hydrogen-bond acceptors (Lipinski definition) is 3. The summed E-state index contributed by atoms with van der Waals surface area (Å²) in [7, 11) is 0. The maximum atomic E-state index is 9.43. The van der Waals surface area contributed by atoms with Gasteiger partial charge in [-0.2, -0.15) is 0 Å². The normalized spacial score (nSPS) is 17.9. The lowest BCUT2D eigenvalue weighted by atomic mass is 9.85. The molecule has 0 radical (unpaired) electrons. The molecule has 17 heavy (non-hydrogen) atoms. The Labute approximate surface area is 107 Å². The van der Waals surface area contributed by atoms with Gasteiger partial charge < -0.3 is 9.84 Å². The fraction of sp³-hybridized carbons (Fsp3) is 0.571. The van der Waals surface area contributed by atoms with Crippen LogP contribution in [0.15, 0.2) is 29.2 Å². The van der Waals surface area contributed by atoms with Crippen LogP contribution < -0.4 is 4.74 Å². The highest BCUT2D eigenvalue weighted by Crippen LogP contribution is 2.47. The highest BCUT2D eigenvalue weighted by molar-refractivity contribution is 8.00. The van der Waals surface area contributed by atoms with Crippen molar-refractivity contribution >= 4 is 11.8 Å². The van der Waals surface area contributed by atoms with E-state index in [9.17, 15) is 5.11 Å². The molecule has 0 spiro atoms. The number of benzene rings is 1. The molecule has 2 nitrogen and oxygen atoms in total. The second-order valence-electron chi connectivity index (χ2n) is 4.93. The molecule has 1 aliphatic carbocycles. The van der Waals surface area contributed by atoms with E-state index in [1.807, 2.05) is 26.0 Å². The van der Waals surface area contributed by atoms with E-state index in [4.69, 9.17) is 4.74 Å². The zero-order valence-electron chi connectivity index (χ0n) is 10.5. The summed E-state index contributed by atoms with van der Waals surface area (Å²) in [6.07, 6.45) is 3.70. The van der Waals surface area contributed by atoms with Crippen LogP contribution in [0, 0.1) is 0 Å². The number of rotatable bonds is 5. The highest BCUT2D eigenvalue weighted by atomic mass is 32.2. The average molecular weight is 252 g/mol. The van der Waals surface area contributed by atoms with Crippen molar-refractivity contribution in [1.82, 2.24) is 0 Å². The quantitative estimate of drug-likeness (QED) is 0.870. The fourth-order valence-electron chi connectivity index (χ4n) is 1.97. The van der Waals surface area contributed by atoms with Crippen molar-refractivity contribution in [2.24, 2.45) is 0 Å².